The first-order chi connectivity index (χ1) is 11.2. The van der Waals surface area contributed by atoms with E-state index in [0.717, 1.165) is 19.3 Å². The van der Waals surface area contributed by atoms with Gasteiger partial charge in [-0.15, -0.1) is 0 Å². The van der Waals surface area contributed by atoms with Crippen LogP contribution < -0.4 is 3.98 Å². The summed E-state index contributed by atoms with van der Waals surface area (Å²) in [6.07, 6.45) is 0. The van der Waals surface area contributed by atoms with Crippen molar-refractivity contribution in [1.82, 2.24) is 4.57 Å². The number of benzene rings is 2. The summed E-state index contributed by atoms with van der Waals surface area (Å²) in [5.41, 5.74) is 3.35. The Bertz CT molecular complexity index is 1080. The second-order valence-corrected chi connectivity index (χ2v) is 9.19. The standard InChI is InChI=1S/C17H12N2S4/c1-11-7-9-12(10-8-11)18-16-21-14-15(22-16)23-17(20)19(14)13-5-3-2-4-6-13/h2-10H,1H3. The van der Waals surface area contributed by atoms with Gasteiger partial charge in [-0.2, -0.15) is 0 Å². The van der Waals surface area contributed by atoms with Crippen molar-refractivity contribution < 1.29 is 0 Å². The Kier molecular flexibility index (Phi) is 3.98. The van der Waals surface area contributed by atoms with Crippen LogP contribution in [0.1, 0.15) is 5.56 Å². The molecule has 0 N–H and O–H groups in total. The van der Waals surface area contributed by atoms with Gasteiger partial charge < -0.3 is 0 Å². The van der Waals surface area contributed by atoms with Crippen LogP contribution in [-0.4, -0.2) is 4.57 Å². The lowest BCUT2D eigenvalue weighted by atomic mass is 10.2. The average Bonchev–Trinajstić information content (AvgIpc) is 3.06. The Hall–Kier alpha value is -1.60. The van der Waals surface area contributed by atoms with Crippen molar-refractivity contribution in [3.63, 3.8) is 0 Å². The van der Waals surface area contributed by atoms with Crippen LogP contribution in [0.5, 0.6) is 0 Å². The number of para-hydroxylation sites is 1. The summed E-state index contributed by atoms with van der Waals surface area (Å²) >= 11 is 10.6. The predicted octanol–water partition coefficient (Wildman–Crippen LogP) is 6.09. The Morgan fingerprint density at radius 3 is 2.39 bits per heavy atom. The molecule has 0 unspecified atom stereocenters. The second-order valence-electron chi connectivity index (χ2n) is 5.05. The Balaban J connectivity index is 1.88. The highest BCUT2D eigenvalue weighted by atomic mass is 32.2. The molecule has 23 heavy (non-hydrogen) atoms. The van der Waals surface area contributed by atoms with Gasteiger partial charge in [0.25, 0.3) is 0 Å². The molecule has 0 fully saturated rings. The van der Waals surface area contributed by atoms with E-state index in [1.54, 1.807) is 34.0 Å². The van der Waals surface area contributed by atoms with Crippen molar-refractivity contribution >= 4 is 60.8 Å². The van der Waals surface area contributed by atoms with E-state index in [0.29, 0.717) is 0 Å². The molecule has 0 atom stereocenters. The van der Waals surface area contributed by atoms with Crippen molar-refractivity contribution in [1.29, 1.82) is 0 Å². The minimum absolute atomic E-state index is 0.885. The molecule has 2 aromatic carbocycles. The van der Waals surface area contributed by atoms with E-state index in [2.05, 4.69) is 47.9 Å². The molecule has 0 saturated carbocycles. The van der Waals surface area contributed by atoms with Crippen molar-refractivity contribution in [2.75, 3.05) is 0 Å². The van der Waals surface area contributed by atoms with Gasteiger partial charge in [0.05, 0.1) is 5.69 Å². The largest absolute Gasteiger partial charge is 0.282 e. The van der Waals surface area contributed by atoms with Crippen LogP contribution in [0.15, 0.2) is 59.6 Å². The summed E-state index contributed by atoms with van der Waals surface area (Å²) in [4.78, 5) is 5.93. The van der Waals surface area contributed by atoms with Crippen LogP contribution >= 0.6 is 46.2 Å². The maximum Gasteiger partial charge on any atom is 0.174 e. The Labute approximate surface area is 150 Å². The molecular formula is C17H12N2S4. The molecule has 0 radical (unpaired) electrons. The molecule has 2 heterocycles. The monoisotopic (exact) mass is 372 g/mol. The maximum absolute atomic E-state index is 5.54. The number of hydrogen-bond acceptors (Lipinski definition) is 5. The number of thiazole rings is 1. The fraction of sp³-hybridized carbons (Fsp3) is 0.0588. The van der Waals surface area contributed by atoms with Crippen molar-refractivity contribution in [3.8, 4) is 5.69 Å². The van der Waals surface area contributed by atoms with Gasteiger partial charge in [-0.1, -0.05) is 69.9 Å². The predicted molar refractivity (Wildman–Crippen MR) is 104 cm³/mol. The number of fused-ring (bicyclic) bond motifs is 1. The van der Waals surface area contributed by atoms with Crippen LogP contribution in [0.4, 0.5) is 5.69 Å². The SMILES string of the molecule is Cc1ccc(N=c2sc3sc(=S)n(-c4ccccc4)c3s2)cc1. The fourth-order valence-electron chi connectivity index (χ4n) is 2.25. The van der Waals surface area contributed by atoms with E-state index < -0.39 is 0 Å². The van der Waals surface area contributed by atoms with Gasteiger partial charge in [-0.05, 0) is 43.4 Å². The summed E-state index contributed by atoms with van der Waals surface area (Å²) in [7, 11) is 0. The number of hydrogen-bond donors (Lipinski definition) is 0. The van der Waals surface area contributed by atoms with Gasteiger partial charge >= 0.3 is 0 Å². The summed E-state index contributed by atoms with van der Waals surface area (Å²) in [5.74, 6) is 0. The summed E-state index contributed by atoms with van der Waals surface area (Å²) in [6.45, 7) is 2.08. The van der Waals surface area contributed by atoms with E-state index >= 15 is 0 Å². The van der Waals surface area contributed by atoms with Crippen molar-refractivity contribution in [2.45, 2.75) is 6.92 Å². The molecule has 2 aromatic heterocycles. The molecule has 0 aliphatic carbocycles. The zero-order valence-corrected chi connectivity index (χ0v) is 15.5. The number of nitrogens with zero attached hydrogens (tertiary/aromatic N) is 2. The first-order valence-corrected chi connectivity index (χ1v) is 9.89. The highest BCUT2D eigenvalue weighted by Gasteiger charge is 2.10. The summed E-state index contributed by atoms with van der Waals surface area (Å²) in [5, 5.41) is 0. The lowest BCUT2D eigenvalue weighted by Crippen LogP contribution is -1.91. The third-order valence-corrected chi connectivity index (χ3v) is 7.29. The highest BCUT2D eigenvalue weighted by Crippen LogP contribution is 2.32. The second kappa shape index (κ2) is 6.13. The molecule has 6 heteroatoms. The van der Waals surface area contributed by atoms with Crippen LogP contribution in [0.25, 0.3) is 14.5 Å². The Morgan fingerprint density at radius 2 is 1.65 bits per heavy atom. The summed E-state index contributed by atoms with van der Waals surface area (Å²) < 4.78 is 5.31. The smallest absolute Gasteiger partial charge is 0.174 e. The van der Waals surface area contributed by atoms with Crippen LogP contribution in [0.2, 0.25) is 0 Å². The first-order valence-electron chi connectivity index (χ1n) is 7.03. The Morgan fingerprint density at radius 1 is 0.913 bits per heavy atom. The molecule has 0 saturated heterocycles. The van der Waals surface area contributed by atoms with Crippen LogP contribution in [0, 0.1) is 10.9 Å². The number of aryl methyl sites for hydroxylation is 1. The van der Waals surface area contributed by atoms with Crippen molar-refractivity contribution in [2.24, 2.45) is 4.99 Å². The van der Waals surface area contributed by atoms with Gasteiger partial charge in [-0.25, -0.2) is 4.99 Å². The van der Waals surface area contributed by atoms with E-state index in [-0.39, 0.29) is 0 Å². The maximum atomic E-state index is 5.54. The molecule has 4 aromatic rings. The molecule has 114 valence electrons. The molecule has 0 amide bonds. The minimum atomic E-state index is 0.885. The van der Waals surface area contributed by atoms with Gasteiger partial charge in [0.15, 0.2) is 7.94 Å². The van der Waals surface area contributed by atoms with Gasteiger partial charge in [-0.3, -0.25) is 4.57 Å². The fourth-order valence-corrected chi connectivity index (χ4v) is 6.72. The molecule has 0 aliphatic rings. The molecule has 0 aliphatic heterocycles. The lowest BCUT2D eigenvalue weighted by Gasteiger charge is -2.01. The van der Waals surface area contributed by atoms with E-state index in [1.807, 2.05) is 18.2 Å². The van der Waals surface area contributed by atoms with Crippen LogP contribution in [0.3, 0.4) is 0 Å². The van der Waals surface area contributed by atoms with Gasteiger partial charge in [0.2, 0.25) is 0 Å². The minimum Gasteiger partial charge on any atom is -0.282 e. The summed E-state index contributed by atoms with van der Waals surface area (Å²) in [6, 6.07) is 18.6. The highest BCUT2D eigenvalue weighted by molar-refractivity contribution is 7.74. The zero-order chi connectivity index (χ0) is 15.8. The van der Waals surface area contributed by atoms with Crippen LogP contribution in [-0.2, 0) is 0 Å². The lowest BCUT2D eigenvalue weighted by molar-refractivity contribution is 1.14. The van der Waals surface area contributed by atoms with Gasteiger partial charge in [0, 0.05) is 5.69 Å². The molecule has 2 nitrogen and oxygen atoms in total. The third-order valence-electron chi connectivity index (χ3n) is 3.37. The topological polar surface area (TPSA) is 17.3 Å². The number of rotatable bonds is 2. The average molecular weight is 373 g/mol. The normalized spacial score (nSPS) is 12.1. The molecular weight excluding hydrogens is 360 g/mol. The molecule has 0 bridgehead atoms. The third kappa shape index (κ3) is 2.95. The molecule has 0 spiro atoms. The quantitative estimate of drug-likeness (QED) is 0.389. The van der Waals surface area contributed by atoms with E-state index in [9.17, 15) is 0 Å². The van der Waals surface area contributed by atoms with E-state index in [4.69, 9.17) is 17.2 Å². The molecule has 4 rings (SSSR count). The van der Waals surface area contributed by atoms with Gasteiger partial charge in [0.1, 0.15) is 8.84 Å². The van der Waals surface area contributed by atoms with Crippen molar-refractivity contribution in [3.05, 3.63) is 68.1 Å². The first kappa shape index (κ1) is 15.0. The van der Waals surface area contributed by atoms with E-state index in [1.165, 1.54) is 14.4 Å². The number of aromatic nitrogens is 1. The zero-order valence-electron chi connectivity index (χ0n) is 12.2.